The van der Waals surface area contributed by atoms with E-state index in [4.69, 9.17) is 9.15 Å². The number of benzene rings is 3. The molecule has 0 aromatic heterocycles. The molecule has 1 heterocycles. The van der Waals surface area contributed by atoms with Crippen molar-refractivity contribution in [2.24, 2.45) is 0 Å². The van der Waals surface area contributed by atoms with Crippen molar-refractivity contribution in [1.82, 2.24) is 4.58 Å². The van der Waals surface area contributed by atoms with Gasteiger partial charge in [-0.3, -0.25) is 4.79 Å². The number of hydrogen-bond acceptors (Lipinski definition) is 5. The van der Waals surface area contributed by atoms with Crippen LogP contribution >= 0.6 is 0 Å². The van der Waals surface area contributed by atoms with Crippen LogP contribution in [-0.2, 0) is 9.53 Å². The van der Waals surface area contributed by atoms with Gasteiger partial charge in [-0.25, -0.2) is 9.37 Å². The first-order valence-corrected chi connectivity index (χ1v) is 12.3. The summed E-state index contributed by atoms with van der Waals surface area (Å²) >= 11 is 0. The third kappa shape index (κ3) is 5.26. The molecular weight excluding hydrogens is 468 g/mol. The van der Waals surface area contributed by atoms with Crippen LogP contribution in [0.5, 0.6) is 0 Å². The Bertz CT molecular complexity index is 1520. The summed E-state index contributed by atoms with van der Waals surface area (Å²) in [6.07, 6.45) is 1.77. The molecule has 0 fully saturated rings. The van der Waals surface area contributed by atoms with Gasteiger partial charge in [0.25, 0.3) is 0 Å². The van der Waals surface area contributed by atoms with Gasteiger partial charge < -0.3 is 19.2 Å². The number of nitrogens with zero attached hydrogens (tertiary/aromatic N) is 2. The molecule has 190 valence electrons. The van der Waals surface area contributed by atoms with E-state index in [2.05, 4.69) is 11.2 Å². The monoisotopic (exact) mass is 499 g/mol. The van der Waals surface area contributed by atoms with Crippen LogP contribution in [0.3, 0.4) is 0 Å². The molecule has 2 aromatic carbocycles. The van der Waals surface area contributed by atoms with Gasteiger partial charge in [-0.15, -0.1) is 0 Å². The van der Waals surface area contributed by atoms with E-state index in [-0.39, 0.29) is 18.1 Å². The lowest BCUT2D eigenvalue weighted by Crippen LogP contribution is -2.33. The SMILES string of the molecule is C=CN(CC)c1ccc2c(-c3ccccc3C(=O)O)c3cc/c(=[N+](/CC)CCOC(C)=O)cc-3oc2c1. The second-order valence-corrected chi connectivity index (χ2v) is 8.58. The summed E-state index contributed by atoms with van der Waals surface area (Å²) in [7, 11) is 0. The molecular formula is C30H31N2O5+. The summed E-state index contributed by atoms with van der Waals surface area (Å²) in [5.41, 5.74) is 4.03. The van der Waals surface area contributed by atoms with Crippen LogP contribution in [0.4, 0.5) is 5.69 Å². The lowest BCUT2D eigenvalue weighted by atomic mass is 9.90. The van der Waals surface area contributed by atoms with Crippen LogP contribution in [0.2, 0.25) is 0 Å². The van der Waals surface area contributed by atoms with E-state index in [9.17, 15) is 14.7 Å². The van der Waals surface area contributed by atoms with E-state index in [1.165, 1.54) is 6.92 Å². The van der Waals surface area contributed by atoms with E-state index in [1.54, 1.807) is 18.3 Å². The second-order valence-electron chi connectivity index (χ2n) is 8.58. The molecule has 2 aliphatic rings. The Morgan fingerprint density at radius 2 is 1.86 bits per heavy atom. The van der Waals surface area contributed by atoms with Gasteiger partial charge in [-0.2, -0.15) is 0 Å². The minimum absolute atomic E-state index is 0.224. The smallest absolute Gasteiger partial charge is 0.336 e. The first-order chi connectivity index (χ1) is 17.9. The van der Waals surface area contributed by atoms with Gasteiger partial charge in [0.15, 0.2) is 6.54 Å². The second kappa shape index (κ2) is 11.1. The zero-order valence-electron chi connectivity index (χ0n) is 21.4. The molecule has 1 N–H and O–H groups in total. The van der Waals surface area contributed by atoms with Crippen molar-refractivity contribution < 1.29 is 23.8 Å². The van der Waals surface area contributed by atoms with Crippen LogP contribution in [0.15, 0.2) is 77.9 Å². The van der Waals surface area contributed by atoms with Gasteiger partial charge in [0.1, 0.15) is 24.5 Å². The Balaban J connectivity index is 2.03. The lowest BCUT2D eigenvalue weighted by molar-refractivity contribution is -0.140. The average molecular weight is 500 g/mol. The first-order valence-electron chi connectivity index (χ1n) is 12.3. The summed E-state index contributed by atoms with van der Waals surface area (Å²) in [6.45, 7) is 11.7. The summed E-state index contributed by atoms with van der Waals surface area (Å²) in [4.78, 5) is 25.4. The third-order valence-corrected chi connectivity index (χ3v) is 6.42. The summed E-state index contributed by atoms with van der Waals surface area (Å²) in [5.74, 6) is -0.670. The molecule has 2 aromatic rings. The van der Waals surface area contributed by atoms with Crippen LogP contribution in [0, 0.1) is 0 Å². The van der Waals surface area contributed by atoms with Gasteiger partial charge in [0.2, 0.25) is 5.36 Å². The molecule has 0 amide bonds. The highest BCUT2D eigenvalue weighted by atomic mass is 16.5. The van der Waals surface area contributed by atoms with E-state index in [0.29, 0.717) is 30.0 Å². The number of ether oxygens (including phenoxy) is 1. The van der Waals surface area contributed by atoms with E-state index >= 15 is 0 Å². The fraction of sp³-hybridized carbons (Fsp3) is 0.233. The Labute approximate surface area is 215 Å². The van der Waals surface area contributed by atoms with Crippen LogP contribution in [0.25, 0.3) is 33.4 Å². The number of carbonyl (C=O) groups is 2. The number of aromatic carboxylic acids is 1. The maximum absolute atomic E-state index is 12.1. The van der Waals surface area contributed by atoms with Crippen molar-refractivity contribution in [3.05, 3.63) is 84.4 Å². The molecule has 1 aliphatic carbocycles. The Morgan fingerprint density at radius 3 is 2.54 bits per heavy atom. The van der Waals surface area contributed by atoms with Crippen molar-refractivity contribution in [3.63, 3.8) is 0 Å². The van der Waals surface area contributed by atoms with Gasteiger partial charge in [0.05, 0.1) is 11.6 Å². The van der Waals surface area contributed by atoms with Gasteiger partial charge in [-0.05, 0) is 49.9 Å². The highest BCUT2D eigenvalue weighted by Crippen LogP contribution is 2.42. The summed E-state index contributed by atoms with van der Waals surface area (Å²) in [6, 6.07) is 18.8. The highest BCUT2D eigenvalue weighted by Gasteiger charge is 2.22. The van der Waals surface area contributed by atoms with Gasteiger partial charge in [-0.1, -0.05) is 24.8 Å². The molecule has 0 unspecified atom stereocenters. The standard InChI is InChI=1S/C30H30N2O5/c1-5-31(6-2)21-12-14-25-27(18-21)37-28-19-22(32(7-3)16-17-36-20(4)33)13-15-26(28)29(25)23-10-8-9-11-24(23)30(34)35/h5,8-15,18-19H,1,6-7,16-17H2,2-4H3/p+1. The van der Waals surface area contributed by atoms with E-state index < -0.39 is 5.97 Å². The maximum Gasteiger partial charge on any atom is 0.336 e. The van der Waals surface area contributed by atoms with Crippen molar-refractivity contribution in [3.8, 4) is 22.5 Å². The van der Waals surface area contributed by atoms with E-state index in [0.717, 1.165) is 34.1 Å². The number of rotatable bonds is 9. The molecule has 0 radical (unpaired) electrons. The maximum atomic E-state index is 12.1. The molecule has 1 aliphatic heterocycles. The van der Waals surface area contributed by atoms with Crippen molar-refractivity contribution in [1.29, 1.82) is 0 Å². The number of anilines is 1. The number of fused-ring (bicyclic) bond motifs is 2. The van der Waals surface area contributed by atoms with E-state index in [1.807, 2.05) is 67.3 Å². The molecule has 7 heteroatoms. The van der Waals surface area contributed by atoms with Crippen molar-refractivity contribution in [2.75, 3.05) is 31.1 Å². The van der Waals surface area contributed by atoms with Gasteiger partial charge >= 0.3 is 11.9 Å². The third-order valence-electron chi connectivity index (χ3n) is 6.42. The zero-order chi connectivity index (χ0) is 26.5. The molecule has 0 bridgehead atoms. The minimum atomic E-state index is -0.989. The number of likely N-dealkylation sites (N-methyl/N-ethyl adjacent to an activating group) is 1. The largest absolute Gasteiger partial charge is 0.478 e. The van der Waals surface area contributed by atoms with Crippen LogP contribution in [-0.4, -0.2) is 43.3 Å². The predicted molar refractivity (Wildman–Crippen MR) is 146 cm³/mol. The fourth-order valence-corrected chi connectivity index (χ4v) is 4.61. The summed E-state index contributed by atoms with van der Waals surface area (Å²) in [5, 5.41) is 11.7. The summed E-state index contributed by atoms with van der Waals surface area (Å²) < 4.78 is 13.7. The number of carbonyl (C=O) groups excluding carboxylic acids is 1. The minimum Gasteiger partial charge on any atom is -0.478 e. The molecule has 7 nitrogen and oxygen atoms in total. The highest BCUT2D eigenvalue weighted by molar-refractivity contribution is 6.07. The fourth-order valence-electron chi connectivity index (χ4n) is 4.61. The van der Waals surface area contributed by atoms with Crippen LogP contribution in [0.1, 0.15) is 31.1 Å². The average Bonchev–Trinajstić information content (AvgIpc) is 2.90. The normalized spacial score (nSPS) is 11.9. The molecule has 0 atom stereocenters. The topological polar surface area (TPSA) is 83.0 Å². The Hall–Kier alpha value is -4.39. The molecule has 37 heavy (non-hydrogen) atoms. The molecule has 0 spiro atoms. The molecule has 0 saturated heterocycles. The zero-order valence-corrected chi connectivity index (χ0v) is 21.4. The lowest BCUT2D eigenvalue weighted by Gasteiger charge is -2.20. The number of carboxylic acids is 1. The molecule has 0 saturated carbocycles. The van der Waals surface area contributed by atoms with Crippen molar-refractivity contribution >= 4 is 28.6 Å². The first kappa shape index (κ1) is 25.7. The predicted octanol–water partition coefficient (Wildman–Crippen LogP) is 5.23. The van der Waals surface area contributed by atoms with Crippen LogP contribution < -0.4 is 14.8 Å². The molecule has 4 rings (SSSR count). The number of esters is 1. The van der Waals surface area contributed by atoms with Crippen molar-refractivity contribution in [2.45, 2.75) is 20.8 Å². The Kier molecular flexibility index (Phi) is 7.72. The number of hydrogen-bond donors (Lipinski definition) is 1. The quantitative estimate of drug-likeness (QED) is 0.193. The Morgan fingerprint density at radius 1 is 1.08 bits per heavy atom. The van der Waals surface area contributed by atoms with Gasteiger partial charge in [0, 0.05) is 47.8 Å². The number of carboxylic acid groups (broad SMARTS) is 1.